The third kappa shape index (κ3) is 5.26. The van der Waals surface area contributed by atoms with Crippen LogP contribution in [0.15, 0.2) is 54.2 Å². The molecule has 0 atom stereocenters. The largest absolute Gasteiger partial charge is 0.323 e. The lowest BCUT2D eigenvalue weighted by atomic mass is 10.1. The van der Waals surface area contributed by atoms with Gasteiger partial charge >= 0.3 is 0 Å². The van der Waals surface area contributed by atoms with Crippen LogP contribution >= 0.6 is 11.6 Å². The highest BCUT2D eigenvalue weighted by Crippen LogP contribution is 2.18. The van der Waals surface area contributed by atoms with Crippen molar-refractivity contribution in [3.8, 4) is 0 Å². The van der Waals surface area contributed by atoms with Gasteiger partial charge in [-0.25, -0.2) is 4.98 Å². The second-order valence-electron chi connectivity index (χ2n) is 5.25. The number of carbonyl (C=O) groups excluding carboxylic acids is 3. The van der Waals surface area contributed by atoms with Gasteiger partial charge < -0.3 is 10.6 Å². The van der Waals surface area contributed by atoms with Gasteiger partial charge in [-0.2, -0.15) is 0 Å². The first-order chi connectivity index (χ1) is 11.9. The molecule has 0 bridgehead atoms. The normalized spacial score (nSPS) is 10.9. The molecule has 0 unspecified atom stereocenters. The van der Waals surface area contributed by atoms with Crippen molar-refractivity contribution in [1.29, 1.82) is 0 Å². The van der Waals surface area contributed by atoms with Crippen LogP contribution in [0, 0.1) is 0 Å². The molecule has 1 heterocycles. The Hall–Kier alpha value is -2.99. The molecule has 0 aliphatic carbocycles. The van der Waals surface area contributed by atoms with Gasteiger partial charge in [0.25, 0.3) is 5.91 Å². The van der Waals surface area contributed by atoms with E-state index in [1.54, 1.807) is 36.4 Å². The third-order valence-corrected chi connectivity index (χ3v) is 3.57. The molecule has 0 saturated heterocycles. The molecule has 0 saturated carbocycles. The Morgan fingerprint density at radius 1 is 1.04 bits per heavy atom. The zero-order valence-corrected chi connectivity index (χ0v) is 14.4. The minimum absolute atomic E-state index is 0.0562. The van der Waals surface area contributed by atoms with Crippen LogP contribution in [0.2, 0.25) is 5.15 Å². The highest BCUT2D eigenvalue weighted by molar-refractivity contribution is 6.32. The fourth-order valence-electron chi connectivity index (χ4n) is 1.93. The predicted octanol–water partition coefficient (Wildman–Crippen LogP) is 3.46. The number of nitrogens with zero attached hydrogens (tertiary/aromatic N) is 1. The number of hydrogen-bond acceptors (Lipinski definition) is 4. The minimum atomic E-state index is -0.461. The Labute approximate surface area is 149 Å². The fourth-order valence-corrected chi connectivity index (χ4v) is 2.10. The quantitative estimate of drug-likeness (QED) is 0.487. The van der Waals surface area contributed by atoms with Gasteiger partial charge in [-0.05, 0) is 50.2 Å². The van der Waals surface area contributed by atoms with E-state index in [1.807, 2.05) is 0 Å². The summed E-state index contributed by atoms with van der Waals surface area (Å²) in [5, 5.41) is 5.37. The Bertz CT molecular complexity index is 845. The van der Waals surface area contributed by atoms with Crippen LogP contribution < -0.4 is 10.6 Å². The lowest BCUT2D eigenvalue weighted by Crippen LogP contribution is -2.16. The van der Waals surface area contributed by atoms with Crippen molar-refractivity contribution in [3.05, 3.63) is 65.0 Å². The lowest BCUT2D eigenvalue weighted by Gasteiger charge is -2.07. The molecule has 25 heavy (non-hydrogen) atoms. The van der Waals surface area contributed by atoms with Crippen LogP contribution in [0.1, 0.15) is 24.2 Å². The summed E-state index contributed by atoms with van der Waals surface area (Å²) in [5.41, 5.74) is 1.65. The first-order valence-corrected chi connectivity index (χ1v) is 7.77. The molecule has 1 aromatic carbocycles. The monoisotopic (exact) mass is 357 g/mol. The van der Waals surface area contributed by atoms with Crippen LogP contribution in [0.3, 0.4) is 0 Å². The summed E-state index contributed by atoms with van der Waals surface area (Å²) < 4.78 is 0. The summed E-state index contributed by atoms with van der Waals surface area (Å²) >= 11 is 5.87. The number of aromatic nitrogens is 1. The maximum absolute atomic E-state index is 12.1. The molecule has 2 aromatic rings. The molecule has 0 radical (unpaired) electrons. The lowest BCUT2D eigenvalue weighted by molar-refractivity contribution is -0.114. The van der Waals surface area contributed by atoms with Crippen molar-refractivity contribution in [1.82, 2.24) is 4.98 Å². The average molecular weight is 358 g/mol. The number of anilines is 2. The summed E-state index contributed by atoms with van der Waals surface area (Å²) in [6.45, 7) is 2.98. The number of amides is 2. The van der Waals surface area contributed by atoms with Gasteiger partial charge in [0, 0.05) is 29.1 Å². The standard InChI is InChI=1S/C18H16ClN3O3/c1-11(18(25)22-15-4-3-9-20-17(15)19)10-16(24)21-14-7-5-13(6-8-14)12(2)23/h3-10H,1-2H3,(H,21,24)(H,22,25)/b11-10-. The van der Waals surface area contributed by atoms with Crippen LogP contribution in [-0.4, -0.2) is 22.6 Å². The minimum Gasteiger partial charge on any atom is -0.323 e. The Morgan fingerprint density at radius 2 is 1.72 bits per heavy atom. The molecule has 0 fully saturated rings. The van der Waals surface area contributed by atoms with Gasteiger partial charge in [0.1, 0.15) is 0 Å². The molecule has 2 amide bonds. The van der Waals surface area contributed by atoms with Gasteiger partial charge in [-0.1, -0.05) is 11.6 Å². The number of nitrogens with one attached hydrogen (secondary N) is 2. The van der Waals surface area contributed by atoms with E-state index in [2.05, 4.69) is 15.6 Å². The maximum Gasteiger partial charge on any atom is 0.251 e. The molecule has 128 valence electrons. The smallest absolute Gasteiger partial charge is 0.251 e. The molecule has 0 spiro atoms. The van der Waals surface area contributed by atoms with Crippen LogP contribution in [0.4, 0.5) is 11.4 Å². The van der Waals surface area contributed by atoms with Gasteiger partial charge in [0.05, 0.1) is 5.69 Å². The van der Waals surface area contributed by atoms with E-state index in [1.165, 1.54) is 26.1 Å². The second-order valence-corrected chi connectivity index (χ2v) is 5.60. The van der Waals surface area contributed by atoms with E-state index >= 15 is 0 Å². The number of Topliss-reactive ketones (excluding diaryl/α,β-unsaturated/α-hetero) is 1. The summed E-state index contributed by atoms with van der Waals surface area (Å²) in [5.74, 6) is -0.975. The zero-order chi connectivity index (χ0) is 18.4. The molecule has 6 nitrogen and oxygen atoms in total. The number of benzene rings is 1. The van der Waals surface area contributed by atoms with Crippen LogP contribution in [0.25, 0.3) is 0 Å². The molecule has 7 heteroatoms. The van der Waals surface area contributed by atoms with Crippen molar-refractivity contribution >= 4 is 40.6 Å². The molecular formula is C18H16ClN3O3. The number of carbonyl (C=O) groups is 3. The Balaban J connectivity index is 2.00. The molecule has 0 aliphatic heterocycles. The van der Waals surface area contributed by atoms with Crippen molar-refractivity contribution in [3.63, 3.8) is 0 Å². The molecular weight excluding hydrogens is 342 g/mol. The van der Waals surface area contributed by atoms with E-state index in [9.17, 15) is 14.4 Å². The maximum atomic E-state index is 12.1. The third-order valence-electron chi connectivity index (χ3n) is 3.27. The van der Waals surface area contributed by atoms with Crippen molar-refractivity contribution in [2.45, 2.75) is 13.8 Å². The van der Waals surface area contributed by atoms with E-state index in [-0.39, 0.29) is 16.5 Å². The van der Waals surface area contributed by atoms with Crippen molar-refractivity contribution < 1.29 is 14.4 Å². The number of pyridine rings is 1. The molecule has 2 rings (SSSR count). The van der Waals surface area contributed by atoms with Crippen molar-refractivity contribution in [2.75, 3.05) is 10.6 Å². The van der Waals surface area contributed by atoms with Gasteiger partial charge in [-0.3, -0.25) is 14.4 Å². The van der Waals surface area contributed by atoms with Gasteiger partial charge in [-0.15, -0.1) is 0 Å². The number of ketones is 1. The van der Waals surface area contributed by atoms with E-state index in [4.69, 9.17) is 11.6 Å². The van der Waals surface area contributed by atoms with E-state index in [0.29, 0.717) is 16.9 Å². The molecule has 2 N–H and O–H groups in total. The van der Waals surface area contributed by atoms with E-state index in [0.717, 1.165) is 0 Å². The topological polar surface area (TPSA) is 88.2 Å². The highest BCUT2D eigenvalue weighted by Gasteiger charge is 2.10. The van der Waals surface area contributed by atoms with E-state index < -0.39 is 11.8 Å². The average Bonchev–Trinajstić information content (AvgIpc) is 2.57. The van der Waals surface area contributed by atoms with Gasteiger partial charge in [0.15, 0.2) is 10.9 Å². The fraction of sp³-hybridized carbons (Fsp3) is 0.111. The first-order valence-electron chi connectivity index (χ1n) is 7.39. The number of hydrogen-bond donors (Lipinski definition) is 2. The SMILES string of the molecule is CC(=O)c1ccc(NC(=O)/C=C(/C)C(=O)Nc2cccnc2Cl)cc1. The zero-order valence-electron chi connectivity index (χ0n) is 13.7. The number of halogens is 1. The summed E-state index contributed by atoms with van der Waals surface area (Å²) in [6.07, 6.45) is 2.68. The highest BCUT2D eigenvalue weighted by atomic mass is 35.5. The van der Waals surface area contributed by atoms with Crippen LogP contribution in [-0.2, 0) is 9.59 Å². The summed E-state index contributed by atoms with van der Waals surface area (Å²) in [4.78, 5) is 39.2. The predicted molar refractivity (Wildman–Crippen MR) is 96.7 cm³/mol. The Morgan fingerprint density at radius 3 is 2.32 bits per heavy atom. The van der Waals surface area contributed by atoms with Crippen LogP contribution in [0.5, 0.6) is 0 Å². The summed E-state index contributed by atoms with van der Waals surface area (Å²) in [7, 11) is 0. The molecule has 1 aromatic heterocycles. The number of rotatable bonds is 5. The Kier molecular flexibility index (Phi) is 6.03. The molecule has 0 aliphatic rings. The first kappa shape index (κ1) is 18.4. The summed E-state index contributed by atoms with van der Waals surface area (Å²) in [6, 6.07) is 9.72. The van der Waals surface area contributed by atoms with Crippen molar-refractivity contribution in [2.24, 2.45) is 0 Å². The second kappa shape index (κ2) is 8.21. The van der Waals surface area contributed by atoms with Gasteiger partial charge in [0.2, 0.25) is 5.91 Å².